The van der Waals surface area contributed by atoms with Gasteiger partial charge in [0, 0.05) is 19.3 Å². The maximum absolute atomic E-state index is 12.0. The molecule has 11 heteroatoms. The van der Waals surface area contributed by atoms with Crippen molar-refractivity contribution in [2.45, 2.75) is 6.54 Å². The van der Waals surface area contributed by atoms with Crippen LogP contribution in [0.25, 0.3) is 0 Å². The van der Waals surface area contributed by atoms with E-state index in [-0.39, 0.29) is 38.0 Å². The number of benzene rings is 1. The molecule has 0 unspecified atom stereocenters. The minimum absolute atomic E-state index is 0.103. The molecule has 1 aromatic carbocycles. The van der Waals surface area contributed by atoms with E-state index in [0.717, 1.165) is 4.47 Å². The topological polar surface area (TPSA) is 124 Å². The third-order valence-corrected chi connectivity index (χ3v) is 3.82. The van der Waals surface area contributed by atoms with Crippen LogP contribution >= 0.6 is 15.9 Å². The molecule has 3 rings (SSSR count). The van der Waals surface area contributed by atoms with E-state index in [1.165, 1.54) is 0 Å². The Bertz CT molecular complexity index is 927. The third-order valence-electron chi connectivity index (χ3n) is 3.41. The van der Waals surface area contributed by atoms with E-state index in [0.29, 0.717) is 11.6 Å². The van der Waals surface area contributed by atoms with Crippen molar-refractivity contribution < 1.29 is 18.8 Å². The summed E-state index contributed by atoms with van der Waals surface area (Å²) in [6.07, 6.45) is 3.38. The van der Waals surface area contributed by atoms with Gasteiger partial charge in [-0.15, -0.1) is 0 Å². The van der Waals surface area contributed by atoms with Crippen LogP contribution in [0, 0.1) is 0 Å². The van der Waals surface area contributed by atoms with Gasteiger partial charge in [-0.3, -0.25) is 14.3 Å². The molecule has 2 aromatic heterocycles. The summed E-state index contributed by atoms with van der Waals surface area (Å²) < 4.78 is 12.7. The zero-order chi connectivity index (χ0) is 19.8. The molecule has 146 valence electrons. The van der Waals surface area contributed by atoms with E-state index >= 15 is 0 Å². The minimum Gasteiger partial charge on any atom is -0.484 e. The van der Waals surface area contributed by atoms with Crippen LogP contribution in [0.3, 0.4) is 0 Å². The van der Waals surface area contributed by atoms with Gasteiger partial charge < -0.3 is 19.9 Å². The molecule has 2 heterocycles. The van der Waals surface area contributed by atoms with Crippen LogP contribution in [0.1, 0.15) is 16.5 Å². The second-order valence-corrected chi connectivity index (χ2v) is 6.50. The second kappa shape index (κ2) is 9.65. The van der Waals surface area contributed by atoms with Crippen molar-refractivity contribution in [3.8, 4) is 5.75 Å². The van der Waals surface area contributed by atoms with Gasteiger partial charge in [0.15, 0.2) is 12.4 Å². The highest BCUT2D eigenvalue weighted by Crippen LogP contribution is 2.08. The largest absolute Gasteiger partial charge is 0.484 e. The van der Waals surface area contributed by atoms with Crippen molar-refractivity contribution in [1.82, 2.24) is 30.6 Å². The first-order valence-corrected chi connectivity index (χ1v) is 9.13. The fraction of sp³-hybridized carbons (Fsp3) is 0.235. The van der Waals surface area contributed by atoms with Crippen LogP contribution < -0.4 is 15.4 Å². The highest BCUT2D eigenvalue weighted by Gasteiger charge is 2.15. The smallest absolute Gasteiger partial charge is 0.316 e. The lowest BCUT2D eigenvalue weighted by Crippen LogP contribution is -2.36. The summed E-state index contributed by atoms with van der Waals surface area (Å²) in [6.45, 7) is 0.624. The molecule has 2 N–H and O–H groups in total. The van der Waals surface area contributed by atoms with Gasteiger partial charge in [0.25, 0.3) is 5.91 Å². The van der Waals surface area contributed by atoms with Crippen molar-refractivity contribution in [2.75, 3.05) is 19.7 Å². The molecule has 0 radical (unpaired) electrons. The Hall–Kier alpha value is -3.21. The number of nitrogens with one attached hydrogen (secondary N) is 2. The number of amides is 2. The Morgan fingerprint density at radius 2 is 1.96 bits per heavy atom. The van der Waals surface area contributed by atoms with Gasteiger partial charge in [-0.25, -0.2) is 0 Å². The molecule has 0 fully saturated rings. The number of carbonyl (C=O) groups excluding carboxylic acids is 2. The van der Waals surface area contributed by atoms with Crippen molar-refractivity contribution in [2.24, 2.45) is 0 Å². The normalized spacial score (nSPS) is 10.5. The summed E-state index contributed by atoms with van der Waals surface area (Å²) in [5, 5.41) is 13.0. The zero-order valence-corrected chi connectivity index (χ0v) is 16.3. The number of para-hydroxylation sites is 1. The highest BCUT2D eigenvalue weighted by atomic mass is 79.9. The average molecular weight is 449 g/mol. The number of hydrogen-bond donors (Lipinski definition) is 2. The van der Waals surface area contributed by atoms with Crippen molar-refractivity contribution in [3.63, 3.8) is 0 Å². The lowest BCUT2D eigenvalue weighted by Gasteiger charge is -2.07. The van der Waals surface area contributed by atoms with Crippen LogP contribution in [0.4, 0.5) is 0 Å². The summed E-state index contributed by atoms with van der Waals surface area (Å²) >= 11 is 3.29. The molecule has 10 nitrogen and oxygen atoms in total. The molecule has 0 aliphatic rings. The van der Waals surface area contributed by atoms with Crippen LogP contribution in [0.2, 0.25) is 0 Å². The summed E-state index contributed by atoms with van der Waals surface area (Å²) in [4.78, 5) is 27.7. The van der Waals surface area contributed by atoms with E-state index in [1.54, 1.807) is 29.2 Å². The van der Waals surface area contributed by atoms with Gasteiger partial charge in [-0.05, 0) is 28.1 Å². The summed E-state index contributed by atoms with van der Waals surface area (Å²) in [5.74, 6) is -0.0218. The number of halogens is 1. The predicted octanol–water partition coefficient (Wildman–Crippen LogP) is 1.00. The summed E-state index contributed by atoms with van der Waals surface area (Å²) in [5.41, 5.74) is 0. The molecule has 0 aliphatic heterocycles. The monoisotopic (exact) mass is 448 g/mol. The standard InChI is InChI=1S/C17H17BrN6O4/c18-12-8-21-24(9-12)10-14-22-17(28-23-14)16(26)20-7-6-19-15(25)11-27-13-4-2-1-3-5-13/h1-5,8-9H,6-7,10-11H2,(H,19,25)(H,20,26). The number of hydrogen-bond acceptors (Lipinski definition) is 7. The van der Waals surface area contributed by atoms with Crippen LogP contribution in [-0.2, 0) is 11.3 Å². The molecule has 0 bridgehead atoms. The predicted molar refractivity (Wildman–Crippen MR) is 101 cm³/mol. The molecular formula is C17H17BrN6O4. The fourth-order valence-corrected chi connectivity index (χ4v) is 2.48. The number of nitrogens with zero attached hydrogens (tertiary/aromatic N) is 4. The average Bonchev–Trinajstić information content (AvgIpc) is 3.33. The Labute approximate surface area is 168 Å². The third kappa shape index (κ3) is 5.91. The number of carbonyl (C=O) groups is 2. The first kappa shape index (κ1) is 19.5. The van der Waals surface area contributed by atoms with E-state index in [1.807, 2.05) is 18.2 Å². The fourth-order valence-electron chi connectivity index (χ4n) is 2.15. The molecule has 0 saturated carbocycles. The zero-order valence-electron chi connectivity index (χ0n) is 14.7. The molecule has 3 aromatic rings. The second-order valence-electron chi connectivity index (χ2n) is 5.58. The SMILES string of the molecule is O=C(COc1ccccc1)NCCNC(=O)c1nc(Cn2cc(Br)cn2)no1. The van der Waals surface area contributed by atoms with E-state index < -0.39 is 5.91 Å². The van der Waals surface area contributed by atoms with E-state index in [2.05, 4.69) is 41.8 Å². The lowest BCUT2D eigenvalue weighted by atomic mass is 10.3. The van der Waals surface area contributed by atoms with Crippen LogP contribution in [-0.4, -0.2) is 51.4 Å². The van der Waals surface area contributed by atoms with Crippen LogP contribution in [0.5, 0.6) is 5.75 Å². The van der Waals surface area contributed by atoms with Gasteiger partial charge in [0.05, 0.1) is 10.7 Å². The Morgan fingerprint density at radius 1 is 1.18 bits per heavy atom. The molecule has 0 saturated heterocycles. The maximum Gasteiger partial charge on any atom is 0.316 e. The molecular weight excluding hydrogens is 432 g/mol. The lowest BCUT2D eigenvalue weighted by molar-refractivity contribution is -0.123. The van der Waals surface area contributed by atoms with Crippen molar-refractivity contribution in [1.29, 1.82) is 0 Å². The number of rotatable bonds is 9. The van der Waals surface area contributed by atoms with Gasteiger partial charge in [0.2, 0.25) is 0 Å². The van der Waals surface area contributed by atoms with Gasteiger partial charge in [-0.1, -0.05) is 23.4 Å². The molecule has 0 aliphatic carbocycles. The highest BCUT2D eigenvalue weighted by molar-refractivity contribution is 9.10. The number of aromatic nitrogens is 4. The molecule has 2 amide bonds. The van der Waals surface area contributed by atoms with Crippen molar-refractivity contribution in [3.05, 3.63) is 58.9 Å². The molecule has 0 atom stereocenters. The van der Waals surface area contributed by atoms with Gasteiger partial charge in [-0.2, -0.15) is 10.1 Å². The number of ether oxygens (including phenoxy) is 1. The van der Waals surface area contributed by atoms with Gasteiger partial charge >= 0.3 is 11.8 Å². The van der Waals surface area contributed by atoms with E-state index in [9.17, 15) is 9.59 Å². The maximum atomic E-state index is 12.0. The molecule has 0 spiro atoms. The summed E-state index contributed by atoms with van der Waals surface area (Å²) in [6, 6.07) is 9.02. The first-order valence-electron chi connectivity index (χ1n) is 8.33. The van der Waals surface area contributed by atoms with Crippen LogP contribution in [0.15, 0.2) is 51.7 Å². The Balaban J connectivity index is 1.34. The Morgan fingerprint density at radius 3 is 2.71 bits per heavy atom. The molecule has 28 heavy (non-hydrogen) atoms. The van der Waals surface area contributed by atoms with Gasteiger partial charge in [0.1, 0.15) is 12.3 Å². The first-order chi connectivity index (χ1) is 13.6. The van der Waals surface area contributed by atoms with E-state index in [4.69, 9.17) is 9.26 Å². The van der Waals surface area contributed by atoms with Crippen molar-refractivity contribution >= 4 is 27.7 Å². The Kier molecular flexibility index (Phi) is 6.73. The minimum atomic E-state index is -0.518. The quantitative estimate of drug-likeness (QED) is 0.467. The summed E-state index contributed by atoms with van der Waals surface area (Å²) in [7, 11) is 0.